The molecule has 0 aromatic heterocycles. The third-order valence-electron chi connectivity index (χ3n) is 3.95. The van der Waals surface area contributed by atoms with E-state index in [0.717, 1.165) is 18.8 Å². The van der Waals surface area contributed by atoms with E-state index in [1.54, 1.807) is 0 Å². The summed E-state index contributed by atoms with van der Waals surface area (Å²) in [6.45, 7) is 10.5. The van der Waals surface area contributed by atoms with Crippen LogP contribution in [0.2, 0.25) is 0 Å². The van der Waals surface area contributed by atoms with Crippen LogP contribution in [0.15, 0.2) is 24.3 Å². The maximum Gasteiger partial charge on any atom is 0.227 e. The van der Waals surface area contributed by atoms with Crippen molar-refractivity contribution in [2.45, 2.75) is 33.1 Å². The zero-order valence-electron chi connectivity index (χ0n) is 12.7. The molecule has 20 heavy (non-hydrogen) atoms. The Morgan fingerprint density at radius 3 is 2.20 bits per heavy atom. The standard InChI is InChI=1S/C16H24N2O.ClH/c1-11(12-9-17-10-12)15(19)18-14-7-5-13(6-8-14)16(2,3)4;/h5-8,11-12,17H,9-10H2,1-4H3,(H,18,19);1H. The molecule has 1 aromatic carbocycles. The summed E-state index contributed by atoms with van der Waals surface area (Å²) < 4.78 is 0. The molecule has 1 atom stereocenters. The molecule has 0 spiro atoms. The molecule has 2 rings (SSSR count). The Labute approximate surface area is 127 Å². The molecule has 1 aromatic rings. The number of benzene rings is 1. The predicted octanol–water partition coefficient (Wildman–Crippen LogP) is 3.20. The Morgan fingerprint density at radius 2 is 1.80 bits per heavy atom. The van der Waals surface area contributed by atoms with Crippen LogP contribution < -0.4 is 10.6 Å². The summed E-state index contributed by atoms with van der Waals surface area (Å²) in [5, 5.41) is 6.21. The smallest absolute Gasteiger partial charge is 0.227 e. The van der Waals surface area contributed by atoms with Crippen molar-refractivity contribution in [2.24, 2.45) is 11.8 Å². The second-order valence-electron chi connectivity index (χ2n) is 6.52. The molecule has 0 bridgehead atoms. The SMILES string of the molecule is CC(C(=O)Nc1ccc(C(C)(C)C)cc1)C1CNC1.Cl. The summed E-state index contributed by atoms with van der Waals surface area (Å²) in [6, 6.07) is 8.16. The number of rotatable bonds is 3. The van der Waals surface area contributed by atoms with Gasteiger partial charge in [-0.15, -0.1) is 12.4 Å². The van der Waals surface area contributed by atoms with Crippen LogP contribution in [-0.4, -0.2) is 19.0 Å². The highest BCUT2D eigenvalue weighted by Gasteiger charge is 2.28. The highest BCUT2D eigenvalue weighted by atomic mass is 35.5. The summed E-state index contributed by atoms with van der Waals surface area (Å²) in [5.74, 6) is 0.674. The lowest BCUT2D eigenvalue weighted by Gasteiger charge is -2.31. The lowest BCUT2D eigenvalue weighted by Crippen LogP contribution is -2.48. The van der Waals surface area contributed by atoms with E-state index in [2.05, 4.69) is 43.5 Å². The van der Waals surface area contributed by atoms with E-state index < -0.39 is 0 Å². The number of amides is 1. The largest absolute Gasteiger partial charge is 0.326 e. The van der Waals surface area contributed by atoms with Crippen LogP contribution in [-0.2, 0) is 10.2 Å². The van der Waals surface area contributed by atoms with Gasteiger partial charge in [0.15, 0.2) is 0 Å². The van der Waals surface area contributed by atoms with Crippen LogP contribution in [0.4, 0.5) is 5.69 Å². The van der Waals surface area contributed by atoms with Crippen molar-refractivity contribution in [1.29, 1.82) is 0 Å². The van der Waals surface area contributed by atoms with Crippen LogP contribution in [0.3, 0.4) is 0 Å². The minimum atomic E-state index is 0. The first-order chi connectivity index (χ1) is 8.88. The molecule has 0 radical (unpaired) electrons. The minimum Gasteiger partial charge on any atom is -0.326 e. The minimum absolute atomic E-state index is 0. The first-order valence-electron chi connectivity index (χ1n) is 7.00. The maximum atomic E-state index is 12.1. The number of carbonyl (C=O) groups excluding carboxylic acids is 1. The van der Waals surface area contributed by atoms with E-state index in [1.165, 1.54) is 5.56 Å². The Bertz CT molecular complexity index is 447. The first kappa shape index (κ1) is 17.0. The molecule has 2 N–H and O–H groups in total. The third kappa shape index (κ3) is 3.97. The van der Waals surface area contributed by atoms with Crippen molar-refractivity contribution in [1.82, 2.24) is 5.32 Å². The Balaban J connectivity index is 0.00000200. The molecule has 1 aliphatic heterocycles. The molecule has 1 amide bonds. The number of hydrogen-bond acceptors (Lipinski definition) is 2. The van der Waals surface area contributed by atoms with E-state index in [0.29, 0.717) is 5.92 Å². The van der Waals surface area contributed by atoms with Crippen LogP contribution in [0.25, 0.3) is 0 Å². The fourth-order valence-corrected chi connectivity index (χ4v) is 2.19. The van der Waals surface area contributed by atoms with Crippen molar-refractivity contribution in [2.75, 3.05) is 18.4 Å². The van der Waals surface area contributed by atoms with Gasteiger partial charge in [-0.2, -0.15) is 0 Å². The number of carbonyl (C=O) groups is 1. The fraction of sp³-hybridized carbons (Fsp3) is 0.562. The van der Waals surface area contributed by atoms with Crippen LogP contribution in [0, 0.1) is 11.8 Å². The van der Waals surface area contributed by atoms with Crippen LogP contribution >= 0.6 is 12.4 Å². The molecule has 1 unspecified atom stereocenters. The zero-order chi connectivity index (χ0) is 14.0. The molecular weight excluding hydrogens is 272 g/mol. The van der Waals surface area contributed by atoms with Gasteiger partial charge < -0.3 is 10.6 Å². The average molecular weight is 297 g/mol. The van der Waals surface area contributed by atoms with Gasteiger partial charge in [-0.1, -0.05) is 39.8 Å². The number of halogens is 1. The highest BCUT2D eigenvalue weighted by Crippen LogP contribution is 2.24. The van der Waals surface area contributed by atoms with Gasteiger partial charge >= 0.3 is 0 Å². The second-order valence-corrected chi connectivity index (χ2v) is 6.52. The summed E-state index contributed by atoms with van der Waals surface area (Å²) in [4.78, 5) is 12.1. The predicted molar refractivity (Wildman–Crippen MR) is 86.5 cm³/mol. The molecular formula is C16H25ClN2O. The molecule has 1 aliphatic rings. The van der Waals surface area contributed by atoms with Crippen LogP contribution in [0.5, 0.6) is 0 Å². The van der Waals surface area contributed by atoms with Crippen LogP contribution in [0.1, 0.15) is 33.3 Å². The molecule has 1 fully saturated rings. The van der Waals surface area contributed by atoms with Gasteiger partial charge in [0.05, 0.1) is 0 Å². The number of nitrogens with one attached hydrogen (secondary N) is 2. The lowest BCUT2D eigenvalue weighted by atomic mass is 9.87. The van der Waals surface area contributed by atoms with Gasteiger partial charge in [0.25, 0.3) is 0 Å². The zero-order valence-corrected chi connectivity index (χ0v) is 13.5. The number of hydrogen-bond donors (Lipinski definition) is 2. The monoisotopic (exact) mass is 296 g/mol. The van der Waals surface area contributed by atoms with E-state index in [1.807, 2.05) is 19.1 Å². The molecule has 0 aliphatic carbocycles. The van der Waals surface area contributed by atoms with E-state index in [4.69, 9.17) is 0 Å². The van der Waals surface area contributed by atoms with Crippen molar-refractivity contribution in [3.05, 3.63) is 29.8 Å². The van der Waals surface area contributed by atoms with E-state index in [9.17, 15) is 4.79 Å². The Hall–Kier alpha value is -1.06. The molecule has 1 heterocycles. The molecule has 4 heteroatoms. The van der Waals surface area contributed by atoms with E-state index >= 15 is 0 Å². The number of anilines is 1. The fourth-order valence-electron chi connectivity index (χ4n) is 2.19. The van der Waals surface area contributed by atoms with Crippen molar-refractivity contribution in [3.8, 4) is 0 Å². The van der Waals surface area contributed by atoms with Gasteiger partial charge in [0, 0.05) is 11.6 Å². The van der Waals surface area contributed by atoms with Crippen molar-refractivity contribution >= 4 is 24.0 Å². The lowest BCUT2D eigenvalue weighted by molar-refractivity contribution is -0.121. The second kappa shape index (κ2) is 6.59. The highest BCUT2D eigenvalue weighted by molar-refractivity contribution is 5.92. The normalized spacial score (nSPS) is 16.8. The van der Waals surface area contributed by atoms with Crippen molar-refractivity contribution < 1.29 is 4.79 Å². The molecule has 112 valence electrons. The molecule has 3 nitrogen and oxygen atoms in total. The van der Waals surface area contributed by atoms with E-state index in [-0.39, 0.29) is 29.6 Å². The van der Waals surface area contributed by atoms with Gasteiger partial charge in [-0.25, -0.2) is 0 Å². The Morgan fingerprint density at radius 1 is 1.25 bits per heavy atom. The first-order valence-corrected chi connectivity index (χ1v) is 7.00. The third-order valence-corrected chi connectivity index (χ3v) is 3.95. The average Bonchev–Trinajstić information content (AvgIpc) is 2.26. The van der Waals surface area contributed by atoms with Gasteiger partial charge in [0.1, 0.15) is 0 Å². The van der Waals surface area contributed by atoms with Gasteiger partial charge in [-0.05, 0) is 42.1 Å². The summed E-state index contributed by atoms with van der Waals surface area (Å²) in [6.07, 6.45) is 0. The maximum absolute atomic E-state index is 12.1. The Kier molecular flexibility index (Phi) is 5.60. The summed E-state index contributed by atoms with van der Waals surface area (Å²) >= 11 is 0. The molecule has 1 saturated heterocycles. The quantitative estimate of drug-likeness (QED) is 0.899. The van der Waals surface area contributed by atoms with Gasteiger partial charge in [0.2, 0.25) is 5.91 Å². The van der Waals surface area contributed by atoms with Gasteiger partial charge in [-0.3, -0.25) is 4.79 Å². The molecule has 0 saturated carbocycles. The van der Waals surface area contributed by atoms with Crippen molar-refractivity contribution in [3.63, 3.8) is 0 Å². The summed E-state index contributed by atoms with van der Waals surface area (Å²) in [5.41, 5.74) is 2.31. The topological polar surface area (TPSA) is 41.1 Å². The summed E-state index contributed by atoms with van der Waals surface area (Å²) in [7, 11) is 0.